The molecule has 0 saturated heterocycles. The molecule has 0 unspecified atom stereocenters. The number of aryl methyl sites for hydroxylation is 2. The number of hydrogen-bond acceptors (Lipinski definition) is 4. The highest BCUT2D eigenvalue weighted by Gasteiger charge is 2.21. The number of aromatic nitrogens is 1. The van der Waals surface area contributed by atoms with Crippen LogP contribution in [0.5, 0.6) is 0 Å². The van der Waals surface area contributed by atoms with E-state index in [1.54, 1.807) is 29.6 Å². The largest absolute Gasteiger partial charge is 0.322 e. The lowest BCUT2D eigenvalue weighted by Crippen LogP contribution is -2.26. The number of amides is 2. The van der Waals surface area contributed by atoms with Crippen LogP contribution in [0.15, 0.2) is 83.7 Å². The second-order valence-corrected chi connectivity index (χ2v) is 8.54. The summed E-state index contributed by atoms with van der Waals surface area (Å²) in [6.07, 6.45) is 1.46. The quantitative estimate of drug-likeness (QED) is 0.199. The summed E-state index contributed by atoms with van der Waals surface area (Å²) in [5.74, 6) is -1.42. The topological polar surface area (TPSA) is 71.1 Å². The fraction of sp³-hybridized carbons (Fsp3) is 0.0741. The SMILES string of the molecule is Cc1ccccc1NC(=O)C(=Cc1csc(-c2ccc(F)cc2)n1)C(=O)Nc1ccccc1C. The van der Waals surface area contributed by atoms with Crippen molar-refractivity contribution in [1.29, 1.82) is 0 Å². The van der Waals surface area contributed by atoms with E-state index in [-0.39, 0.29) is 11.4 Å². The highest BCUT2D eigenvalue weighted by atomic mass is 32.1. The first-order valence-corrected chi connectivity index (χ1v) is 11.5. The monoisotopic (exact) mass is 471 g/mol. The Morgan fingerprint density at radius 3 is 1.88 bits per heavy atom. The van der Waals surface area contributed by atoms with Crippen LogP contribution >= 0.6 is 11.3 Å². The molecule has 2 amide bonds. The van der Waals surface area contributed by atoms with Gasteiger partial charge in [0.1, 0.15) is 16.4 Å². The number of nitrogens with zero attached hydrogens (tertiary/aromatic N) is 1. The molecule has 7 heteroatoms. The Hall–Kier alpha value is -4.10. The van der Waals surface area contributed by atoms with Gasteiger partial charge in [-0.3, -0.25) is 9.59 Å². The molecule has 0 saturated carbocycles. The maximum atomic E-state index is 13.3. The molecule has 0 atom stereocenters. The maximum absolute atomic E-state index is 13.3. The lowest BCUT2D eigenvalue weighted by Gasteiger charge is -2.12. The Morgan fingerprint density at radius 2 is 1.35 bits per heavy atom. The van der Waals surface area contributed by atoms with Gasteiger partial charge in [0.25, 0.3) is 11.8 Å². The van der Waals surface area contributed by atoms with Crippen LogP contribution in [0, 0.1) is 19.7 Å². The third-order valence-electron chi connectivity index (χ3n) is 5.18. The van der Waals surface area contributed by atoms with Crippen LogP contribution < -0.4 is 10.6 Å². The molecule has 34 heavy (non-hydrogen) atoms. The van der Waals surface area contributed by atoms with Gasteiger partial charge in [0, 0.05) is 22.3 Å². The lowest BCUT2D eigenvalue weighted by molar-refractivity contribution is -0.118. The zero-order valence-electron chi connectivity index (χ0n) is 18.6. The number of carbonyl (C=O) groups is 2. The molecule has 0 aliphatic heterocycles. The first kappa shape index (κ1) is 23.1. The fourth-order valence-corrected chi connectivity index (χ4v) is 4.05. The molecular weight excluding hydrogens is 449 g/mol. The molecule has 3 aromatic carbocycles. The molecule has 5 nitrogen and oxygen atoms in total. The number of rotatable bonds is 6. The highest BCUT2D eigenvalue weighted by molar-refractivity contribution is 7.13. The minimum Gasteiger partial charge on any atom is -0.322 e. The van der Waals surface area contributed by atoms with E-state index in [0.717, 1.165) is 16.7 Å². The summed E-state index contributed by atoms with van der Waals surface area (Å²) in [7, 11) is 0. The summed E-state index contributed by atoms with van der Waals surface area (Å²) < 4.78 is 13.3. The maximum Gasteiger partial charge on any atom is 0.261 e. The normalized spacial score (nSPS) is 10.4. The summed E-state index contributed by atoms with van der Waals surface area (Å²) in [6.45, 7) is 3.75. The van der Waals surface area contributed by atoms with Crippen molar-refractivity contribution in [3.05, 3.63) is 106 Å². The van der Waals surface area contributed by atoms with E-state index in [4.69, 9.17) is 0 Å². The van der Waals surface area contributed by atoms with Gasteiger partial charge in [-0.1, -0.05) is 36.4 Å². The smallest absolute Gasteiger partial charge is 0.261 e. The average molecular weight is 472 g/mol. The van der Waals surface area contributed by atoms with Gasteiger partial charge in [-0.25, -0.2) is 9.37 Å². The van der Waals surface area contributed by atoms with Gasteiger partial charge in [0.05, 0.1) is 5.69 Å². The zero-order valence-corrected chi connectivity index (χ0v) is 19.4. The van der Waals surface area contributed by atoms with Gasteiger partial charge >= 0.3 is 0 Å². The molecule has 4 aromatic rings. The molecule has 0 fully saturated rings. The Bertz CT molecular complexity index is 1320. The Balaban J connectivity index is 1.66. The van der Waals surface area contributed by atoms with E-state index >= 15 is 0 Å². The van der Waals surface area contributed by atoms with Gasteiger partial charge in [-0.05, 0) is 67.4 Å². The number of nitrogens with one attached hydrogen (secondary N) is 2. The number of halogens is 1. The van der Waals surface area contributed by atoms with Gasteiger partial charge in [0.15, 0.2) is 0 Å². The third kappa shape index (κ3) is 5.44. The van der Waals surface area contributed by atoms with Crippen molar-refractivity contribution >= 4 is 40.6 Å². The molecule has 0 spiro atoms. The van der Waals surface area contributed by atoms with Gasteiger partial charge in [-0.2, -0.15) is 0 Å². The molecular formula is C27H22FN3O2S. The Morgan fingerprint density at radius 1 is 0.824 bits per heavy atom. The second-order valence-electron chi connectivity index (χ2n) is 7.68. The molecule has 1 heterocycles. The van der Waals surface area contributed by atoms with Crippen molar-refractivity contribution in [3.63, 3.8) is 0 Å². The van der Waals surface area contributed by atoms with Crippen molar-refractivity contribution in [2.24, 2.45) is 0 Å². The molecule has 170 valence electrons. The number of hydrogen-bond donors (Lipinski definition) is 2. The third-order valence-corrected chi connectivity index (χ3v) is 6.09. The number of anilines is 2. The Kier molecular flexibility index (Phi) is 6.94. The van der Waals surface area contributed by atoms with Crippen molar-refractivity contribution in [2.45, 2.75) is 13.8 Å². The number of para-hydroxylation sites is 2. The molecule has 0 bridgehead atoms. The van der Waals surface area contributed by atoms with E-state index < -0.39 is 11.8 Å². The molecule has 4 rings (SSSR count). The van der Waals surface area contributed by atoms with Crippen LogP contribution in [0.3, 0.4) is 0 Å². The number of benzene rings is 3. The lowest BCUT2D eigenvalue weighted by atomic mass is 10.1. The summed E-state index contributed by atoms with van der Waals surface area (Å²) in [5, 5.41) is 8.05. The summed E-state index contributed by atoms with van der Waals surface area (Å²) in [6, 6.07) is 20.7. The summed E-state index contributed by atoms with van der Waals surface area (Å²) in [5.41, 5.74) is 4.12. The first-order valence-electron chi connectivity index (χ1n) is 10.6. The standard InChI is InChI=1S/C27H22FN3O2S/c1-17-7-3-5-9-23(17)30-25(32)22(26(33)31-24-10-6-4-8-18(24)2)15-21-16-34-27(29-21)19-11-13-20(28)14-12-19/h3-16H,1-2H3,(H,30,32)(H,31,33). The van der Waals surface area contributed by atoms with Crippen molar-refractivity contribution in [3.8, 4) is 10.6 Å². The van der Waals surface area contributed by atoms with Crippen LogP contribution in [0.25, 0.3) is 16.6 Å². The second kappa shape index (κ2) is 10.2. The fourth-order valence-electron chi connectivity index (χ4n) is 3.27. The van der Waals surface area contributed by atoms with Crippen LogP contribution in [0.2, 0.25) is 0 Å². The molecule has 0 aliphatic carbocycles. The van der Waals surface area contributed by atoms with Crippen molar-refractivity contribution in [1.82, 2.24) is 4.98 Å². The van der Waals surface area contributed by atoms with Gasteiger partial charge < -0.3 is 10.6 Å². The zero-order chi connectivity index (χ0) is 24.1. The van der Waals surface area contributed by atoms with E-state index in [1.807, 2.05) is 50.2 Å². The van der Waals surface area contributed by atoms with Crippen molar-refractivity contribution in [2.75, 3.05) is 10.6 Å². The van der Waals surface area contributed by atoms with Crippen molar-refractivity contribution < 1.29 is 14.0 Å². The van der Waals surface area contributed by atoms with Crippen LogP contribution in [-0.2, 0) is 9.59 Å². The van der Waals surface area contributed by atoms with E-state index in [9.17, 15) is 14.0 Å². The molecule has 2 N–H and O–H groups in total. The van der Waals surface area contributed by atoms with E-state index in [2.05, 4.69) is 15.6 Å². The number of carbonyl (C=O) groups excluding carboxylic acids is 2. The van der Waals surface area contributed by atoms with E-state index in [1.165, 1.54) is 29.5 Å². The molecule has 0 radical (unpaired) electrons. The summed E-state index contributed by atoms with van der Waals surface area (Å²) >= 11 is 1.35. The molecule has 1 aromatic heterocycles. The molecule has 0 aliphatic rings. The van der Waals surface area contributed by atoms with Crippen LogP contribution in [0.4, 0.5) is 15.8 Å². The van der Waals surface area contributed by atoms with E-state index in [0.29, 0.717) is 22.1 Å². The minimum atomic E-state index is -0.545. The predicted molar refractivity (Wildman–Crippen MR) is 135 cm³/mol. The average Bonchev–Trinajstić information content (AvgIpc) is 3.29. The summed E-state index contributed by atoms with van der Waals surface area (Å²) in [4.78, 5) is 30.9. The van der Waals surface area contributed by atoms with Crippen LogP contribution in [0.1, 0.15) is 16.8 Å². The predicted octanol–water partition coefficient (Wildman–Crippen LogP) is 6.23. The van der Waals surface area contributed by atoms with Gasteiger partial charge in [0.2, 0.25) is 0 Å². The first-order chi connectivity index (χ1) is 16.4. The minimum absolute atomic E-state index is 0.0811. The Labute approximate surface area is 201 Å². The number of thiazole rings is 1. The van der Waals surface area contributed by atoms with Crippen LogP contribution in [-0.4, -0.2) is 16.8 Å². The highest BCUT2D eigenvalue weighted by Crippen LogP contribution is 2.26. The van der Waals surface area contributed by atoms with Gasteiger partial charge in [-0.15, -0.1) is 11.3 Å².